The van der Waals surface area contributed by atoms with Gasteiger partial charge in [0.05, 0.1) is 0 Å². The fourth-order valence-electron chi connectivity index (χ4n) is 3.44. The Labute approximate surface area is 139 Å². The highest BCUT2D eigenvalue weighted by molar-refractivity contribution is 5.87. The van der Waals surface area contributed by atoms with Gasteiger partial charge in [0, 0.05) is 34.5 Å². The van der Waals surface area contributed by atoms with Crippen LogP contribution in [0.15, 0.2) is 42.6 Å². The lowest BCUT2D eigenvalue weighted by atomic mass is 9.90. The molecule has 1 aliphatic rings. The Morgan fingerprint density at radius 1 is 0.917 bits per heavy atom. The third-order valence-corrected chi connectivity index (χ3v) is 4.70. The van der Waals surface area contributed by atoms with Crippen molar-refractivity contribution in [1.82, 2.24) is 10.3 Å². The Morgan fingerprint density at radius 2 is 1.67 bits per heavy atom. The topological polar surface area (TPSA) is 39.8 Å². The minimum Gasteiger partial charge on any atom is -0.361 e. The molecule has 3 nitrogen and oxygen atoms in total. The first kappa shape index (κ1) is 15.1. The number of hydrogen-bond acceptors (Lipinski definition) is 2. The lowest BCUT2D eigenvalue weighted by Gasteiger charge is -2.22. The van der Waals surface area contributed by atoms with E-state index < -0.39 is 11.6 Å². The average Bonchev–Trinajstić information content (AvgIpc) is 3.02. The standard InChI is InChI=1S/C19H19F2N3/c20-17-4-2-13(9-18(17)21)24-14-1-3-15-16(11-23-19(15)10-14)12-5-7-22-8-6-12/h1-4,9-12,22-24H,5-8H2. The number of rotatable bonds is 3. The zero-order valence-corrected chi connectivity index (χ0v) is 13.2. The van der Waals surface area contributed by atoms with Crippen LogP contribution in [0.25, 0.3) is 10.9 Å². The maximum Gasteiger partial charge on any atom is 0.160 e. The van der Waals surface area contributed by atoms with Crippen LogP contribution in [0.1, 0.15) is 24.3 Å². The SMILES string of the molecule is Fc1ccc(Nc2ccc3c(C4CCNCC4)c[nH]c3c2)cc1F. The summed E-state index contributed by atoms with van der Waals surface area (Å²) >= 11 is 0. The van der Waals surface area contributed by atoms with E-state index in [2.05, 4.69) is 27.9 Å². The molecule has 3 aromatic rings. The normalized spacial score (nSPS) is 15.8. The molecule has 5 heteroatoms. The molecule has 24 heavy (non-hydrogen) atoms. The summed E-state index contributed by atoms with van der Waals surface area (Å²) in [4.78, 5) is 3.34. The Morgan fingerprint density at radius 3 is 2.46 bits per heavy atom. The van der Waals surface area contributed by atoms with Gasteiger partial charge in [0.25, 0.3) is 0 Å². The number of hydrogen-bond donors (Lipinski definition) is 3. The highest BCUT2D eigenvalue weighted by Crippen LogP contribution is 2.33. The van der Waals surface area contributed by atoms with E-state index in [9.17, 15) is 8.78 Å². The zero-order chi connectivity index (χ0) is 16.5. The molecule has 0 atom stereocenters. The van der Waals surface area contributed by atoms with Gasteiger partial charge in [0.15, 0.2) is 11.6 Å². The van der Waals surface area contributed by atoms with Gasteiger partial charge in [-0.2, -0.15) is 0 Å². The molecule has 0 saturated carbocycles. The summed E-state index contributed by atoms with van der Waals surface area (Å²) in [5.41, 5.74) is 3.78. The van der Waals surface area contributed by atoms with Crippen LogP contribution in [0, 0.1) is 11.6 Å². The molecule has 1 fully saturated rings. The van der Waals surface area contributed by atoms with Crippen LogP contribution in [0.2, 0.25) is 0 Å². The van der Waals surface area contributed by atoms with Gasteiger partial charge in [-0.25, -0.2) is 8.78 Å². The molecule has 0 amide bonds. The number of piperidine rings is 1. The van der Waals surface area contributed by atoms with Gasteiger partial charge in [0.1, 0.15) is 0 Å². The first-order valence-electron chi connectivity index (χ1n) is 8.24. The second-order valence-electron chi connectivity index (χ2n) is 6.28. The van der Waals surface area contributed by atoms with E-state index in [1.165, 1.54) is 17.0 Å². The molecule has 1 aromatic heterocycles. The number of fused-ring (bicyclic) bond motifs is 1. The summed E-state index contributed by atoms with van der Waals surface area (Å²) in [6.07, 6.45) is 4.41. The number of aromatic amines is 1. The minimum absolute atomic E-state index is 0.526. The van der Waals surface area contributed by atoms with Crippen LogP contribution in [0.4, 0.5) is 20.2 Å². The molecule has 3 N–H and O–H groups in total. The van der Waals surface area contributed by atoms with Crippen LogP contribution in [-0.4, -0.2) is 18.1 Å². The molecule has 0 unspecified atom stereocenters. The number of H-pyrrole nitrogens is 1. The lowest BCUT2D eigenvalue weighted by Crippen LogP contribution is -2.26. The van der Waals surface area contributed by atoms with Crippen LogP contribution in [0.3, 0.4) is 0 Å². The smallest absolute Gasteiger partial charge is 0.160 e. The van der Waals surface area contributed by atoms with Crippen molar-refractivity contribution in [1.29, 1.82) is 0 Å². The van der Waals surface area contributed by atoms with E-state index in [0.29, 0.717) is 11.6 Å². The Kier molecular flexibility index (Phi) is 3.94. The number of benzene rings is 2. The fraction of sp³-hybridized carbons (Fsp3) is 0.263. The fourth-order valence-corrected chi connectivity index (χ4v) is 3.44. The molecule has 2 aromatic carbocycles. The summed E-state index contributed by atoms with van der Waals surface area (Å²) in [5.74, 6) is -1.11. The van der Waals surface area contributed by atoms with Crippen molar-refractivity contribution in [2.24, 2.45) is 0 Å². The van der Waals surface area contributed by atoms with Crippen molar-refractivity contribution in [3.63, 3.8) is 0 Å². The number of anilines is 2. The second kappa shape index (κ2) is 6.24. The van der Waals surface area contributed by atoms with E-state index >= 15 is 0 Å². The van der Waals surface area contributed by atoms with Gasteiger partial charge in [-0.3, -0.25) is 0 Å². The van der Waals surface area contributed by atoms with E-state index in [1.54, 1.807) is 0 Å². The van der Waals surface area contributed by atoms with Crippen molar-refractivity contribution in [2.45, 2.75) is 18.8 Å². The van der Waals surface area contributed by atoms with Crippen LogP contribution >= 0.6 is 0 Å². The third kappa shape index (κ3) is 2.87. The summed E-state index contributed by atoms with van der Waals surface area (Å²) in [6, 6.07) is 9.88. The lowest BCUT2D eigenvalue weighted by molar-refractivity contribution is 0.462. The molecule has 0 aliphatic carbocycles. The van der Waals surface area contributed by atoms with Gasteiger partial charge in [0.2, 0.25) is 0 Å². The van der Waals surface area contributed by atoms with Gasteiger partial charge < -0.3 is 15.6 Å². The molecule has 2 heterocycles. The Bertz CT molecular complexity index is 866. The van der Waals surface area contributed by atoms with Gasteiger partial charge in [-0.05, 0) is 61.7 Å². The first-order valence-corrected chi connectivity index (χ1v) is 8.24. The maximum absolute atomic E-state index is 13.3. The summed E-state index contributed by atoms with van der Waals surface area (Å²) in [6.45, 7) is 2.13. The third-order valence-electron chi connectivity index (χ3n) is 4.70. The quantitative estimate of drug-likeness (QED) is 0.655. The molecule has 0 spiro atoms. The maximum atomic E-state index is 13.3. The number of aromatic nitrogens is 1. The molecule has 1 saturated heterocycles. The first-order chi connectivity index (χ1) is 11.7. The van der Waals surface area contributed by atoms with E-state index in [4.69, 9.17) is 0 Å². The van der Waals surface area contributed by atoms with Crippen LogP contribution in [-0.2, 0) is 0 Å². The van der Waals surface area contributed by atoms with Crippen molar-refractivity contribution < 1.29 is 8.78 Å². The van der Waals surface area contributed by atoms with Crippen LogP contribution in [0.5, 0.6) is 0 Å². The van der Waals surface area contributed by atoms with Gasteiger partial charge in [-0.1, -0.05) is 6.07 Å². The van der Waals surface area contributed by atoms with Crippen molar-refractivity contribution >= 4 is 22.3 Å². The average molecular weight is 327 g/mol. The monoisotopic (exact) mass is 327 g/mol. The Balaban J connectivity index is 1.60. The van der Waals surface area contributed by atoms with Crippen molar-refractivity contribution in [3.05, 3.63) is 59.8 Å². The summed E-state index contributed by atoms with van der Waals surface area (Å²) in [5, 5.41) is 7.74. The number of nitrogens with one attached hydrogen (secondary N) is 3. The second-order valence-corrected chi connectivity index (χ2v) is 6.28. The molecule has 124 valence electrons. The predicted octanol–water partition coefficient (Wildman–Crippen LogP) is 4.66. The molecule has 0 radical (unpaired) electrons. The minimum atomic E-state index is -0.853. The van der Waals surface area contributed by atoms with Crippen molar-refractivity contribution in [3.8, 4) is 0 Å². The largest absolute Gasteiger partial charge is 0.361 e. The molecule has 4 rings (SSSR count). The molecule has 1 aliphatic heterocycles. The van der Waals surface area contributed by atoms with E-state index in [0.717, 1.165) is 49.3 Å². The predicted molar refractivity (Wildman–Crippen MR) is 92.8 cm³/mol. The zero-order valence-electron chi connectivity index (χ0n) is 13.2. The summed E-state index contributed by atoms with van der Waals surface area (Å²) < 4.78 is 26.3. The van der Waals surface area contributed by atoms with Gasteiger partial charge in [-0.15, -0.1) is 0 Å². The highest BCUT2D eigenvalue weighted by Gasteiger charge is 2.18. The summed E-state index contributed by atoms with van der Waals surface area (Å²) in [7, 11) is 0. The Hall–Kier alpha value is -2.40. The van der Waals surface area contributed by atoms with Crippen molar-refractivity contribution in [2.75, 3.05) is 18.4 Å². The van der Waals surface area contributed by atoms with Crippen LogP contribution < -0.4 is 10.6 Å². The van der Waals surface area contributed by atoms with Gasteiger partial charge >= 0.3 is 0 Å². The van der Waals surface area contributed by atoms with E-state index in [1.807, 2.05) is 12.1 Å². The van der Waals surface area contributed by atoms with E-state index in [-0.39, 0.29) is 0 Å². The molecule has 0 bridgehead atoms. The number of halogens is 2. The molecular weight excluding hydrogens is 308 g/mol. The highest BCUT2D eigenvalue weighted by atomic mass is 19.2. The molecular formula is C19H19F2N3.